The number of carbonyl (C=O) groups is 1. The second-order valence-electron chi connectivity index (χ2n) is 9.49. The first-order valence-corrected chi connectivity index (χ1v) is 13.6. The van der Waals surface area contributed by atoms with E-state index in [4.69, 9.17) is 0 Å². The Bertz CT molecular complexity index is 1010. The predicted octanol–water partition coefficient (Wildman–Crippen LogP) is 3.65. The second kappa shape index (κ2) is 10.8. The van der Waals surface area contributed by atoms with Crippen LogP contribution in [-0.4, -0.2) is 44.9 Å². The molecule has 2 N–H and O–H groups in total. The van der Waals surface area contributed by atoms with E-state index in [1.165, 1.54) is 18.4 Å². The Balaban J connectivity index is 1.29. The van der Waals surface area contributed by atoms with E-state index in [0.29, 0.717) is 19.4 Å². The van der Waals surface area contributed by atoms with Gasteiger partial charge in [0.05, 0.1) is 10.9 Å². The first-order chi connectivity index (χ1) is 15.9. The number of carbonyl (C=O) groups excluding carboxylic acids is 1. The summed E-state index contributed by atoms with van der Waals surface area (Å²) in [5.41, 5.74) is 2.20. The van der Waals surface area contributed by atoms with Crippen LogP contribution in [0.4, 0.5) is 0 Å². The fourth-order valence-electron chi connectivity index (χ4n) is 4.35. The Labute approximate surface area is 197 Å². The summed E-state index contributed by atoms with van der Waals surface area (Å²) in [6.45, 7) is 5.02. The largest absolute Gasteiger partial charge is 0.354 e. The quantitative estimate of drug-likeness (QED) is 0.557. The molecular formula is C26H35N3O3S. The van der Waals surface area contributed by atoms with Crippen LogP contribution in [0.2, 0.25) is 0 Å². The van der Waals surface area contributed by atoms with Crippen LogP contribution < -0.4 is 10.0 Å². The minimum absolute atomic E-state index is 0.0217. The molecule has 1 aliphatic carbocycles. The minimum atomic E-state index is -3.44. The monoisotopic (exact) mass is 469 g/mol. The first-order valence-electron chi connectivity index (χ1n) is 12.1. The smallest absolute Gasteiger partial charge is 0.240 e. The molecular weight excluding hydrogens is 434 g/mol. The van der Waals surface area contributed by atoms with Crippen LogP contribution in [0, 0.1) is 5.92 Å². The minimum Gasteiger partial charge on any atom is -0.354 e. The highest BCUT2D eigenvalue weighted by molar-refractivity contribution is 7.89. The molecule has 1 saturated carbocycles. The summed E-state index contributed by atoms with van der Waals surface area (Å²) in [5, 5.41) is 3.14. The van der Waals surface area contributed by atoms with E-state index in [0.717, 1.165) is 37.4 Å². The van der Waals surface area contributed by atoms with Crippen LogP contribution in [0.25, 0.3) is 0 Å². The molecule has 2 fully saturated rings. The number of benzene rings is 2. The SMILES string of the molecule is CC1CCN(C(CNC(=O)CCc2ccc(S(=O)(=O)NC3CC3)cc2)c2ccccc2)CC1. The molecule has 0 aromatic heterocycles. The van der Waals surface area contributed by atoms with Gasteiger partial charge in [-0.2, -0.15) is 0 Å². The van der Waals surface area contributed by atoms with Crippen molar-refractivity contribution in [2.45, 2.75) is 62.4 Å². The van der Waals surface area contributed by atoms with Crippen molar-refractivity contribution < 1.29 is 13.2 Å². The topological polar surface area (TPSA) is 78.5 Å². The number of sulfonamides is 1. The summed E-state index contributed by atoms with van der Waals surface area (Å²) in [5.74, 6) is 0.784. The highest BCUT2D eigenvalue weighted by atomic mass is 32.2. The zero-order valence-corrected chi connectivity index (χ0v) is 20.2. The zero-order chi connectivity index (χ0) is 23.3. The van der Waals surface area contributed by atoms with Gasteiger partial charge in [0.2, 0.25) is 15.9 Å². The third kappa shape index (κ3) is 6.88. The van der Waals surface area contributed by atoms with Crippen molar-refractivity contribution in [3.8, 4) is 0 Å². The molecule has 1 unspecified atom stereocenters. The van der Waals surface area contributed by atoms with Gasteiger partial charge >= 0.3 is 0 Å². The summed E-state index contributed by atoms with van der Waals surface area (Å²) in [4.78, 5) is 15.4. The molecule has 2 aliphatic rings. The summed E-state index contributed by atoms with van der Waals surface area (Å²) < 4.78 is 27.3. The second-order valence-corrected chi connectivity index (χ2v) is 11.2. The van der Waals surface area contributed by atoms with E-state index in [1.807, 2.05) is 6.07 Å². The third-order valence-electron chi connectivity index (χ3n) is 6.71. The van der Waals surface area contributed by atoms with Crippen LogP contribution in [0.5, 0.6) is 0 Å². The van der Waals surface area contributed by atoms with E-state index in [2.05, 4.69) is 46.1 Å². The highest BCUT2D eigenvalue weighted by Gasteiger charge is 2.28. The van der Waals surface area contributed by atoms with Gasteiger partial charge in [-0.1, -0.05) is 49.4 Å². The molecule has 0 radical (unpaired) electrons. The van der Waals surface area contributed by atoms with Crippen molar-refractivity contribution in [2.24, 2.45) is 5.92 Å². The van der Waals surface area contributed by atoms with Gasteiger partial charge in [0.15, 0.2) is 0 Å². The van der Waals surface area contributed by atoms with Crippen molar-refractivity contribution in [3.63, 3.8) is 0 Å². The van der Waals surface area contributed by atoms with E-state index >= 15 is 0 Å². The van der Waals surface area contributed by atoms with Gasteiger partial charge in [0.1, 0.15) is 0 Å². The standard InChI is InChI=1S/C26H35N3O3S/c1-20-15-17-29(18-16-20)25(22-5-3-2-4-6-22)19-27-26(30)14-9-21-7-12-24(13-8-21)33(31,32)28-23-10-11-23/h2-8,12-13,20,23,25,28H,9-11,14-19H2,1H3,(H,27,30). The lowest BCUT2D eigenvalue weighted by atomic mass is 9.95. The molecule has 7 heteroatoms. The normalized spacial score (nSPS) is 18.7. The summed E-state index contributed by atoms with van der Waals surface area (Å²) in [7, 11) is -3.44. The number of rotatable bonds is 10. The molecule has 1 aliphatic heterocycles. The Morgan fingerprint density at radius 3 is 2.30 bits per heavy atom. The van der Waals surface area contributed by atoms with Gasteiger partial charge in [-0.05, 0) is 74.4 Å². The van der Waals surface area contributed by atoms with Gasteiger partial charge in [0, 0.05) is 19.0 Å². The Kier molecular flexibility index (Phi) is 7.83. The molecule has 1 atom stereocenters. The average molecular weight is 470 g/mol. The highest BCUT2D eigenvalue weighted by Crippen LogP contribution is 2.26. The van der Waals surface area contributed by atoms with Crippen molar-refractivity contribution in [1.82, 2.24) is 14.9 Å². The molecule has 178 valence electrons. The molecule has 33 heavy (non-hydrogen) atoms. The average Bonchev–Trinajstić information content (AvgIpc) is 3.63. The van der Waals surface area contributed by atoms with Gasteiger partial charge in [-0.15, -0.1) is 0 Å². The fourth-order valence-corrected chi connectivity index (χ4v) is 5.66. The molecule has 0 spiro atoms. The molecule has 4 rings (SSSR count). The lowest BCUT2D eigenvalue weighted by Crippen LogP contribution is -2.42. The van der Waals surface area contributed by atoms with Gasteiger partial charge in [-0.25, -0.2) is 13.1 Å². The zero-order valence-electron chi connectivity index (χ0n) is 19.4. The summed E-state index contributed by atoms with van der Waals surface area (Å²) in [6, 6.07) is 17.6. The number of nitrogens with one attached hydrogen (secondary N) is 2. The van der Waals surface area contributed by atoms with E-state index in [9.17, 15) is 13.2 Å². The van der Waals surface area contributed by atoms with Crippen molar-refractivity contribution in [1.29, 1.82) is 0 Å². The molecule has 1 heterocycles. The molecule has 6 nitrogen and oxygen atoms in total. The van der Waals surface area contributed by atoms with Crippen LogP contribution in [0.1, 0.15) is 56.2 Å². The van der Waals surface area contributed by atoms with Crippen molar-refractivity contribution in [2.75, 3.05) is 19.6 Å². The number of nitrogens with zero attached hydrogens (tertiary/aromatic N) is 1. The maximum Gasteiger partial charge on any atom is 0.240 e. The first kappa shape index (κ1) is 23.9. The Morgan fingerprint density at radius 1 is 1.00 bits per heavy atom. The number of likely N-dealkylation sites (tertiary alicyclic amines) is 1. The molecule has 0 bridgehead atoms. The molecule has 2 aromatic carbocycles. The van der Waals surface area contributed by atoms with E-state index < -0.39 is 10.0 Å². The lowest BCUT2D eigenvalue weighted by molar-refractivity contribution is -0.121. The summed E-state index contributed by atoms with van der Waals surface area (Å²) >= 11 is 0. The number of hydrogen-bond acceptors (Lipinski definition) is 4. The fraction of sp³-hybridized carbons (Fsp3) is 0.500. The van der Waals surface area contributed by atoms with Crippen molar-refractivity contribution >= 4 is 15.9 Å². The van der Waals surface area contributed by atoms with Gasteiger partial charge < -0.3 is 5.32 Å². The van der Waals surface area contributed by atoms with E-state index in [-0.39, 0.29) is 22.9 Å². The number of piperidine rings is 1. The van der Waals surface area contributed by atoms with Crippen molar-refractivity contribution in [3.05, 3.63) is 65.7 Å². The predicted molar refractivity (Wildman–Crippen MR) is 130 cm³/mol. The van der Waals surface area contributed by atoms with Crippen LogP contribution in [0.15, 0.2) is 59.5 Å². The Hall–Kier alpha value is -2.22. The van der Waals surface area contributed by atoms with Crippen LogP contribution in [-0.2, 0) is 21.2 Å². The Morgan fingerprint density at radius 2 is 1.67 bits per heavy atom. The molecule has 2 aromatic rings. The number of amides is 1. The number of aryl methyl sites for hydroxylation is 1. The molecule has 1 amide bonds. The van der Waals surface area contributed by atoms with Crippen LogP contribution in [0.3, 0.4) is 0 Å². The summed E-state index contributed by atoms with van der Waals surface area (Å²) in [6.07, 6.45) is 5.17. The molecule has 1 saturated heterocycles. The van der Waals surface area contributed by atoms with Gasteiger partial charge in [-0.3, -0.25) is 9.69 Å². The maximum atomic E-state index is 12.6. The third-order valence-corrected chi connectivity index (χ3v) is 8.25. The van der Waals surface area contributed by atoms with Gasteiger partial charge in [0.25, 0.3) is 0 Å². The van der Waals surface area contributed by atoms with E-state index in [1.54, 1.807) is 24.3 Å². The maximum absolute atomic E-state index is 12.6. The lowest BCUT2D eigenvalue weighted by Gasteiger charge is -2.37. The number of hydrogen-bond donors (Lipinski definition) is 2. The van der Waals surface area contributed by atoms with Crippen LogP contribution >= 0.6 is 0 Å².